The van der Waals surface area contributed by atoms with Gasteiger partial charge in [0.1, 0.15) is 11.1 Å². The fourth-order valence-corrected chi connectivity index (χ4v) is 6.02. The molecule has 226 valence electrons. The van der Waals surface area contributed by atoms with Crippen molar-refractivity contribution in [2.45, 2.75) is 95.8 Å². The second kappa shape index (κ2) is 12.3. The number of nitrogens with two attached hydrogens (primary N) is 1. The van der Waals surface area contributed by atoms with Crippen LogP contribution in [-0.2, 0) is 31.9 Å². The molecule has 1 aromatic carbocycles. The number of amides is 4. The molecule has 4 rings (SSSR count). The van der Waals surface area contributed by atoms with Gasteiger partial charge in [0.25, 0.3) is 5.91 Å². The summed E-state index contributed by atoms with van der Waals surface area (Å²) in [7, 11) is 1.63. The van der Waals surface area contributed by atoms with E-state index in [1.807, 2.05) is 39.0 Å². The van der Waals surface area contributed by atoms with Gasteiger partial charge < -0.3 is 36.5 Å². The van der Waals surface area contributed by atoms with Gasteiger partial charge in [-0.2, -0.15) is 0 Å². The van der Waals surface area contributed by atoms with Crippen molar-refractivity contribution in [1.82, 2.24) is 16.0 Å². The summed E-state index contributed by atoms with van der Waals surface area (Å²) < 4.78 is 10.6. The van der Waals surface area contributed by atoms with Gasteiger partial charge in [-0.05, 0) is 69.7 Å². The molecule has 0 aliphatic heterocycles. The van der Waals surface area contributed by atoms with E-state index >= 15 is 0 Å². The lowest BCUT2D eigenvalue weighted by Crippen LogP contribution is -2.59. The Bertz CT molecular complexity index is 1150. The van der Waals surface area contributed by atoms with Gasteiger partial charge in [-0.15, -0.1) is 0 Å². The zero-order chi connectivity index (χ0) is 29.8. The molecule has 1 aromatic rings. The quantitative estimate of drug-likeness (QED) is 0.288. The van der Waals surface area contributed by atoms with Crippen LogP contribution in [0.1, 0.15) is 76.8 Å². The molecule has 2 atom stereocenters. The second-order valence-corrected chi connectivity index (χ2v) is 13.0. The van der Waals surface area contributed by atoms with E-state index in [1.165, 1.54) is 0 Å². The maximum atomic E-state index is 13.2. The number of nitrogens with one attached hydrogen (secondary N) is 4. The van der Waals surface area contributed by atoms with Gasteiger partial charge in [0, 0.05) is 50.0 Å². The predicted molar refractivity (Wildman–Crippen MR) is 154 cm³/mol. The zero-order valence-corrected chi connectivity index (χ0v) is 24.7. The van der Waals surface area contributed by atoms with E-state index in [2.05, 4.69) is 21.3 Å². The summed E-state index contributed by atoms with van der Waals surface area (Å²) >= 11 is 0. The number of fused-ring (bicyclic) bond motifs is 1. The minimum atomic E-state index is -0.958. The van der Waals surface area contributed by atoms with Crippen molar-refractivity contribution in [3.8, 4) is 0 Å². The van der Waals surface area contributed by atoms with Crippen LogP contribution >= 0.6 is 0 Å². The first-order valence-corrected chi connectivity index (χ1v) is 14.7. The molecular formula is C30H45N5O6. The van der Waals surface area contributed by atoms with Gasteiger partial charge in [0.2, 0.25) is 5.91 Å². The molecule has 3 aliphatic carbocycles. The fourth-order valence-electron chi connectivity index (χ4n) is 6.02. The minimum Gasteiger partial charge on any atom is -0.444 e. The van der Waals surface area contributed by atoms with Crippen LogP contribution in [0.15, 0.2) is 18.2 Å². The number of primary amides is 1. The predicted octanol–water partition coefficient (Wildman–Crippen LogP) is 3.15. The summed E-state index contributed by atoms with van der Waals surface area (Å²) in [5.74, 6) is -0.560. The van der Waals surface area contributed by atoms with Crippen LogP contribution in [0.2, 0.25) is 0 Å². The molecule has 0 saturated heterocycles. The summed E-state index contributed by atoms with van der Waals surface area (Å²) in [4.78, 5) is 50.1. The van der Waals surface area contributed by atoms with Crippen LogP contribution in [0.25, 0.3) is 0 Å². The van der Waals surface area contributed by atoms with E-state index in [4.69, 9.17) is 15.2 Å². The molecular weight excluding hydrogens is 526 g/mol. The molecule has 0 bridgehead atoms. The SMILES string of the molecule is CNC(=O)C1(NCC2(CNC(=O)OC(C)(C)C)CC2)Cc2ccc(NC(=O)[C@@H](OC(N)=O)C3CCCCC3)cc2C1. The number of alkyl carbamates (subject to hydrolysis) is 1. The lowest BCUT2D eigenvalue weighted by Gasteiger charge is -2.31. The third kappa shape index (κ3) is 7.90. The van der Waals surface area contributed by atoms with Crippen LogP contribution in [0.3, 0.4) is 0 Å². The van der Waals surface area contributed by atoms with Gasteiger partial charge in [-0.25, -0.2) is 9.59 Å². The Labute approximate surface area is 242 Å². The number of hydrogen-bond acceptors (Lipinski definition) is 7. The van der Waals surface area contributed by atoms with Crippen LogP contribution in [0.5, 0.6) is 0 Å². The third-order valence-electron chi connectivity index (χ3n) is 8.46. The highest BCUT2D eigenvalue weighted by Crippen LogP contribution is 2.45. The van der Waals surface area contributed by atoms with Gasteiger partial charge >= 0.3 is 12.2 Å². The third-order valence-corrected chi connectivity index (χ3v) is 8.46. The van der Waals surface area contributed by atoms with Crippen molar-refractivity contribution in [1.29, 1.82) is 0 Å². The Morgan fingerprint density at radius 3 is 2.32 bits per heavy atom. The molecule has 0 radical (unpaired) electrons. The Kier molecular flexibility index (Phi) is 9.16. The Balaban J connectivity index is 1.41. The van der Waals surface area contributed by atoms with Crippen molar-refractivity contribution in [2.75, 3.05) is 25.5 Å². The maximum Gasteiger partial charge on any atom is 0.407 e. The summed E-state index contributed by atoms with van der Waals surface area (Å²) in [5, 5.41) is 12.1. The van der Waals surface area contributed by atoms with Crippen LogP contribution < -0.4 is 27.0 Å². The van der Waals surface area contributed by atoms with E-state index < -0.39 is 35.3 Å². The molecule has 3 aliphatic rings. The lowest BCUT2D eigenvalue weighted by atomic mass is 9.85. The van der Waals surface area contributed by atoms with E-state index in [0.717, 1.165) is 56.1 Å². The summed E-state index contributed by atoms with van der Waals surface area (Å²) in [5.41, 5.74) is 6.31. The van der Waals surface area contributed by atoms with E-state index in [0.29, 0.717) is 31.6 Å². The Morgan fingerprint density at radius 2 is 1.71 bits per heavy atom. The van der Waals surface area contributed by atoms with Gasteiger partial charge in [-0.1, -0.05) is 25.3 Å². The van der Waals surface area contributed by atoms with Crippen molar-refractivity contribution in [3.63, 3.8) is 0 Å². The van der Waals surface area contributed by atoms with Crippen molar-refractivity contribution >= 4 is 29.7 Å². The molecule has 11 nitrogen and oxygen atoms in total. The highest BCUT2D eigenvalue weighted by Gasteiger charge is 2.49. The largest absolute Gasteiger partial charge is 0.444 e. The molecule has 1 unspecified atom stereocenters. The minimum absolute atomic E-state index is 0.0599. The molecule has 6 N–H and O–H groups in total. The monoisotopic (exact) mass is 571 g/mol. The second-order valence-electron chi connectivity index (χ2n) is 13.0. The number of carbonyl (C=O) groups excluding carboxylic acids is 4. The molecule has 4 amide bonds. The maximum absolute atomic E-state index is 13.2. The molecule has 11 heteroatoms. The summed E-state index contributed by atoms with van der Waals surface area (Å²) in [6.07, 6.45) is 5.20. The molecule has 0 spiro atoms. The number of rotatable bonds is 10. The number of carbonyl (C=O) groups is 4. The first kappa shape index (κ1) is 30.6. The molecule has 2 saturated carbocycles. The highest BCUT2D eigenvalue weighted by atomic mass is 16.6. The van der Waals surface area contributed by atoms with E-state index in [-0.39, 0.29) is 17.2 Å². The number of benzene rings is 1. The molecule has 0 heterocycles. The van der Waals surface area contributed by atoms with Crippen LogP contribution in [-0.4, -0.2) is 61.4 Å². The van der Waals surface area contributed by atoms with E-state index in [9.17, 15) is 19.2 Å². The first-order chi connectivity index (χ1) is 19.3. The van der Waals surface area contributed by atoms with E-state index in [1.54, 1.807) is 7.05 Å². The van der Waals surface area contributed by atoms with Gasteiger partial charge in [-0.3, -0.25) is 9.59 Å². The van der Waals surface area contributed by atoms with Crippen molar-refractivity contribution < 1.29 is 28.7 Å². The Hall–Kier alpha value is -3.34. The molecule has 0 aromatic heterocycles. The van der Waals surface area contributed by atoms with Crippen molar-refractivity contribution in [3.05, 3.63) is 29.3 Å². The zero-order valence-electron chi connectivity index (χ0n) is 24.7. The summed E-state index contributed by atoms with van der Waals surface area (Å²) in [6.45, 7) is 6.52. The molecule has 2 fully saturated rings. The van der Waals surface area contributed by atoms with Gasteiger partial charge in [0.05, 0.1) is 0 Å². The van der Waals surface area contributed by atoms with Crippen LogP contribution in [0, 0.1) is 11.3 Å². The standard InChI is InChI=1S/C30H45N5O6/c1-28(2,3)41-27(39)33-17-29(12-13-29)18-34-30(25(37)32-4)15-20-10-11-22(14-21(20)16-30)35-24(36)23(40-26(31)38)19-8-6-5-7-9-19/h10-11,14,19,23,34H,5-9,12-13,15-18H2,1-4H3,(H2,31,38)(H,32,37)(H,33,39)(H,35,36)/t23-,30?/m0/s1. The number of anilines is 1. The van der Waals surface area contributed by atoms with Gasteiger partial charge in [0.15, 0.2) is 6.10 Å². The number of hydrogen-bond donors (Lipinski definition) is 5. The number of ether oxygens (including phenoxy) is 2. The smallest absolute Gasteiger partial charge is 0.407 e. The van der Waals surface area contributed by atoms with Crippen molar-refractivity contribution in [2.24, 2.45) is 17.1 Å². The topological polar surface area (TPSA) is 161 Å². The Morgan fingerprint density at radius 1 is 1.02 bits per heavy atom. The lowest BCUT2D eigenvalue weighted by molar-refractivity contribution is -0.127. The fraction of sp³-hybridized carbons (Fsp3) is 0.667. The molecule has 41 heavy (non-hydrogen) atoms. The average molecular weight is 572 g/mol. The number of likely N-dealkylation sites (N-methyl/N-ethyl adjacent to an activating group) is 1. The first-order valence-electron chi connectivity index (χ1n) is 14.7. The van der Waals surface area contributed by atoms with Crippen LogP contribution in [0.4, 0.5) is 15.3 Å². The normalized spacial score (nSPS) is 22.1. The highest BCUT2D eigenvalue weighted by molar-refractivity contribution is 5.96. The average Bonchev–Trinajstić information content (AvgIpc) is 3.60. The summed E-state index contributed by atoms with van der Waals surface area (Å²) in [6, 6.07) is 5.63.